The van der Waals surface area contributed by atoms with Gasteiger partial charge in [0, 0.05) is 12.6 Å². The van der Waals surface area contributed by atoms with Gasteiger partial charge in [0.15, 0.2) is 0 Å². The van der Waals surface area contributed by atoms with E-state index in [1.54, 1.807) is 0 Å². The molecule has 1 fully saturated rings. The highest BCUT2D eigenvalue weighted by Crippen LogP contribution is 2.17. The zero-order valence-corrected chi connectivity index (χ0v) is 11.3. The summed E-state index contributed by atoms with van der Waals surface area (Å²) in [6.07, 6.45) is 5.88. The molecule has 3 nitrogen and oxygen atoms in total. The molecule has 0 saturated heterocycles. The molecule has 0 spiro atoms. The molecule has 96 valence electrons. The number of carbonyl (C=O) groups excluding carboxylic acids is 1. The average Bonchev–Trinajstić information content (AvgIpc) is 2.73. The van der Waals surface area contributed by atoms with E-state index in [0.29, 0.717) is 12.0 Å². The molecular formula is C13H28N2O. The number of hydrogen-bond acceptors (Lipinski definition) is 1. The van der Waals surface area contributed by atoms with Crippen LogP contribution in [0.25, 0.3) is 0 Å². The van der Waals surface area contributed by atoms with Crippen LogP contribution in [-0.4, -0.2) is 18.6 Å². The van der Waals surface area contributed by atoms with Crippen molar-refractivity contribution in [1.29, 1.82) is 0 Å². The second-order valence-electron chi connectivity index (χ2n) is 4.56. The van der Waals surface area contributed by atoms with E-state index in [1.165, 1.54) is 12.8 Å². The van der Waals surface area contributed by atoms with Crippen LogP contribution in [0.3, 0.4) is 0 Å². The fourth-order valence-electron chi connectivity index (χ4n) is 1.78. The summed E-state index contributed by atoms with van der Waals surface area (Å²) in [5.41, 5.74) is 0. The largest absolute Gasteiger partial charge is 0.338 e. The van der Waals surface area contributed by atoms with E-state index in [0.717, 1.165) is 25.8 Å². The molecule has 0 aromatic heterocycles. The summed E-state index contributed by atoms with van der Waals surface area (Å²) in [6.45, 7) is 9.11. The lowest BCUT2D eigenvalue weighted by molar-refractivity contribution is 0.236. The quantitative estimate of drug-likeness (QED) is 0.761. The first-order valence-corrected chi connectivity index (χ1v) is 6.73. The molecule has 1 saturated carbocycles. The highest BCUT2D eigenvalue weighted by molar-refractivity contribution is 5.74. The van der Waals surface area contributed by atoms with Crippen LogP contribution in [0, 0.1) is 5.92 Å². The summed E-state index contributed by atoms with van der Waals surface area (Å²) >= 11 is 0. The minimum Gasteiger partial charge on any atom is -0.338 e. The van der Waals surface area contributed by atoms with E-state index >= 15 is 0 Å². The Morgan fingerprint density at radius 3 is 2.31 bits per heavy atom. The molecule has 0 heterocycles. The minimum atomic E-state index is 0.0116. The number of urea groups is 1. The summed E-state index contributed by atoms with van der Waals surface area (Å²) < 4.78 is 0. The molecule has 3 heteroatoms. The first-order chi connectivity index (χ1) is 7.68. The fraction of sp³-hybridized carbons (Fsp3) is 0.923. The molecule has 0 unspecified atom stereocenters. The smallest absolute Gasteiger partial charge is 0.315 e. The normalized spacial score (nSPS) is 15.6. The molecule has 1 rings (SSSR count). The Hall–Kier alpha value is -0.730. The Balaban J connectivity index is 0.00000106. The number of hydrogen-bond donors (Lipinski definition) is 2. The molecule has 0 aromatic carbocycles. The van der Waals surface area contributed by atoms with E-state index in [-0.39, 0.29) is 6.03 Å². The topological polar surface area (TPSA) is 41.1 Å². The van der Waals surface area contributed by atoms with Crippen LogP contribution in [0.1, 0.15) is 59.8 Å². The predicted octanol–water partition coefficient (Wildman–Crippen LogP) is 3.30. The molecule has 0 aliphatic heterocycles. The van der Waals surface area contributed by atoms with Crippen LogP contribution >= 0.6 is 0 Å². The first kappa shape index (κ1) is 15.3. The summed E-state index contributed by atoms with van der Waals surface area (Å²) in [7, 11) is 0. The van der Waals surface area contributed by atoms with Crippen molar-refractivity contribution in [2.24, 2.45) is 5.92 Å². The van der Waals surface area contributed by atoms with Gasteiger partial charge >= 0.3 is 6.03 Å². The highest BCUT2D eigenvalue weighted by Gasteiger charge is 2.16. The van der Waals surface area contributed by atoms with Crippen molar-refractivity contribution in [1.82, 2.24) is 10.6 Å². The fourth-order valence-corrected chi connectivity index (χ4v) is 1.78. The van der Waals surface area contributed by atoms with Crippen LogP contribution in [-0.2, 0) is 0 Å². The van der Waals surface area contributed by atoms with Gasteiger partial charge in [-0.15, -0.1) is 0 Å². The average molecular weight is 228 g/mol. The molecule has 2 N–H and O–H groups in total. The molecule has 0 atom stereocenters. The van der Waals surface area contributed by atoms with Gasteiger partial charge in [-0.2, -0.15) is 0 Å². The summed E-state index contributed by atoms with van der Waals surface area (Å²) in [6, 6.07) is 0.437. The van der Waals surface area contributed by atoms with Crippen molar-refractivity contribution < 1.29 is 4.79 Å². The number of carbonyl (C=O) groups is 1. The Morgan fingerprint density at radius 1 is 1.25 bits per heavy atom. The predicted molar refractivity (Wildman–Crippen MR) is 69.6 cm³/mol. The molecule has 2 amide bonds. The van der Waals surface area contributed by atoms with E-state index in [4.69, 9.17) is 0 Å². The van der Waals surface area contributed by atoms with Gasteiger partial charge in [-0.05, 0) is 25.2 Å². The molecule has 0 radical (unpaired) electrons. The highest BCUT2D eigenvalue weighted by atomic mass is 16.2. The van der Waals surface area contributed by atoms with Crippen LogP contribution < -0.4 is 10.6 Å². The van der Waals surface area contributed by atoms with Crippen LogP contribution in [0.15, 0.2) is 0 Å². The lowest BCUT2D eigenvalue weighted by atomic mass is 10.1. The molecule has 16 heavy (non-hydrogen) atoms. The van der Waals surface area contributed by atoms with Gasteiger partial charge < -0.3 is 10.6 Å². The van der Waals surface area contributed by atoms with Gasteiger partial charge in [0.2, 0.25) is 0 Å². The lowest BCUT2D eigenvalue weighted by Crippen LogP contribution is -2.41. The Bertz CT molecular complexity index is 175. The zero-order valence-electron chi connectivity index (χ0n) is 11.3. The maximum absolute atomic E-state index is 11.4. The number of rotatable bonds is 4. The third-order valence-electron chi connectivity index (χ3n) is 2.70. The molecule has 0 aromatic rings. The van der Waals surface area contributed by atoms with Crippen molar-refractivity contribution in [3.05, 3.63) is 0 Å². The number of nitrogens with one attached hydrogen (secondary N) is 2. The Labute approximate surface area is 100 Å². The molecule has 1 aliphatic rings. The Morgan fingerprint density at radius 2 is 1.81 bits per heavy atom. The van der Waals surface area contributed by atoms with Gasteiger partial charge in [-0.3, -0.25) is 0 Å². The van der Waals surface area contributed by atoms with Gasteiger partial charge in [-0.1, -0.05) is 40.5 Å². The van der Waals surface area contributed by atoms with Crippen molar-refractivity contribution in [3.8, 4) is 0 Å². The second-order valence-corrected chi connectivity index (χ2v) is 4.56. The van der Waals surface area contributed by atoms with Crippen molar-refractivity contribution in [3.63, 3.8) is 0 Å². The molecular weight excluding hydrogens is 200 g/mol. The van der Waals surface area contributed by atoms with Gasteiger partial charge in [0.25, 0.3) is 0 Å². The summed E-state index contributed by atoms with van der Waals surface area (Å²) in [5.74, 6) is 0.654. The molecule has 1 aliphatic carbocycles. The standard InChI is InChI=1S/C11H22N2O.C2H6/c1-9(2)7-8-12-11(14)13-10-5-3-4-6-10;1-2/h9-10H,3-8H2,1-2H3,(H2,12,13,14);1-2H3. The summed E-state index contributed by atoms with van der Waals surface area (Å²) in [4.78, 5) is 11.4. The van der Waals surface area contributed by atoms with Crippen LogP contribution in [0.2, 0.25) is 0 Å². The Kier molecular flexibility index (Phi) is 9.06. The summed E-state index contributed by atoms with van der Waals surface area (Å²) in [5, 5.41) is 5.89. The number of amides is 2. The van der Waals surface area contributed by atoms with Crippen molar-refractivity contribution in [2.75, 3.05) is 6.54 Å². The second kappa shape index (κ2) is 9.49. The van der Waals surface area contributed by atoms with E-state index < -0.39 is 0 Å². The van der Waals surface area contributed by atoms with E-state index in [2.05, 4.69) is 24.5 Å². The van der Waals surface area contributed by atoms with Crippen LogP contribution in [0.4, 0.5) is 4.79 Å². The van der Waals surface area contributed by atoms with Crippen LogP contribution in [0.5, 0.6) is 0 Å². The monoisotopic (exact) mass is 228 g/mol. The maximum Gasteiger partial charge on any atom is 0.315 e. The van der Waals surface area contributed by atoms with E-state index in [9.17, 15) is 4.79 Å². The van der Waals surface area contributed by atoms with Gasteiger partial charge in [-0.25, -0.2) is 4.79 Å². The van der Waals surface area contributed by atoms with Crippen molar-refractivity contribution >= 4 is 6.03 Å². The van der Waals surface area contributed by atoms with Crippen molar-refractivity contribution in [2.45, 2.75) is 65.8 Å². The maximum atomic E-state index is 11.4. The third kappa shape index (κ3) is 7.55. The van der Waals surface area contributed by atoms with Gasteiger partial charge in [0.1, 0.15) is 0 Å². The lowest BCUT2D eigenvalue weighted by Gasteiger charge is -2.13. The molecule has 0 bridgehead atoms. The third-order valence-corrected chi connectivity index (χ3v) is 2.70. The first-order valence-electron chi connectivity index (χ1n) is 6.73. The van der Waals surface area contributed by atoms with Gasteiger partial charge in [0.05, 0.1) is 0 Å². The zero-order chi connectivity index (χ0) is 12.4. The SMILES string of the molecule is CC.CC(C)CCNC(=O)NC1CCCC1. The van der Waals surface area contributed by atoms with E-state index in [1.807, 2.05) is 13.8 Å². The minimum absolute atomic E-state index is 0.0116.